The number of imidazole rings is 1. The zero-order chi connectivity index (χ0) is 69.6. The SMILES string of the molecule is CC(C)C[C@H](NC(=O)[C@H](Cc1c[nH]c2ccccc12)NC(=O)[C@@H](CCCN=C(N)N)NC(=O)[C@H](Cc1ccc(O)cc1)NC(=O)[C@H](CO)NC(=O)[C@H](Cc1c[nH]c2ccccc12)NC(=O)[C@H](Cc1cnc[nH]1)NC(=O)[C@@H](N)CCC(=O)O)C(=O)N1CCC[C@H]1C(=O)NNC(N)=O. The minimum Gasteiger partial charge on any atom is -0.508 e. The number of aliphatic hydroxyl groups excluding tert-OH is 1. The van der Waals surface area contributed by atoms with Gasteiger partial charge in [0.05, 0.1) is 19.0 Å². The topological polar surface area (TPSA) is 537 Å². The van der Waals surface area contributed by atoms with Gasteiger partial charge in [-0.15, -0.1) is 0 Å². The summed E-state index contributed by atoms with van der Waals surface area (Å²) >= 11 is 0. The van der Waals surface area contributed by atoms with Crippen LogP contribution in [-0.2, 0) is 73.6 Å². The minimum absolute atomic E-state index is 0.0377. The van der Waals surface area contributed by atoms with E-state index in [-0.39, 0.29) is 88.5 Å². The number of aromatic amines is 3. The van der Waals surface area contributed by atoms with Crippen LogP contribution in [0.4, 0.5) is 4.79 Å². The molecule has 1 saturated heterocycles. The van der Waals surface area contributed by atoms with Crippen LogP contribution in [0.5, 0.6) is 5.75 Å². The molecule has 96 heavy (non-hydrogen) atoms. The molecule has 3 aromatic carbocycles. The molecule has 6 aromatic rings. The third-order valence-corrected chi connectivity index (χ3v) is 16.0. The van der Waals surface area contributed by atoms with Crippen molar-refractivity contribution >= 4 is 92.9 Å². The highest BCUT2D eigenvalue weighted by Gasteiger charge is 2.40. The number of nitrogens with one attached hydrogen (secondary N) is 12. The van der Waals surface area contributed by atoms with Crippen molar-refractivity contribution in [1.82, 2.24) is 72.9 Å². The van der Waals surface area contributed by atoms with Crippen molar-refractivity contribution in [2.75, 3.05) is 19.7 Å². The van der Waals surface area contributed by atoms with Gasteiger partial charge in [-0.1, -0.05) is 62.4 Å². The lowest BCUT2D eigenvalue weighted by molar-refractivity contribution is -0.142. The zero-order valence-corrected chi connectivity index (χ0v) is 52.9. The fourth-order valence-electron chi connectivity index (χ4n) is 11.1. The van der Waals surface area contributed by atoms with E-state index in [0.29, 0.717) is 50.6 Å². The number of urea groups is 1. The number of hydrogen-bond acceptors (Lipinski definition) is 16. The number of primary amides is 1. The molecular weight excluding hydrogens is 1250 g/mol. The molecule has 3 aromatic heterocycles. The van der Waals surface area contributed by atoms with E-state index in [1.165, 1.54) is 41.7 Å². The van der Waals surface area contributed by atoms with Gasteiger partial charge in [0.2, 0.25) is 47.3 Å². The second-order valence-electron chi connectivity index (χ2n) is 23.7. The van der Waals surface area contributed by atoms with E-state index in [9.17, 15) is 63.3 Å². The molecule has 4 heterocycles. The number of phenolic OH excluding ortho intramolecular Hbond substituents is 1. The normalized spacial score (nSPS) is 15.3. The van der Waals surface area contributed by atoms with Gasteiger partial charge in [0.15, 0.2) is 5.96 Å². The number of para-hydroxylation sites is 2. The molecule has 23 N–H and O–H groups in total. The number of H-pyrrole nitrogens is 3. The lowest BCUT2D eigenvalue weighted by Gasteiger charge is -2.31. The molecule has 1 fully saturated rings. The van der Waals surface area contributed by atoms with Crippen LogP contribution in [-0.4, -0.2) is 185 Å². The summed E-state index contributed by atoms with van der Waals surface area (Å²) in [5.41, 5.74) is 29.9. The number of phenols is 1. The predicted molar refractivity (Wildman–Crippen MR) is 349 cm³/mol. The molecule has 11 amide bonds. The number of aromatic nitrogens is 4. The third-order valence-electron chi connectivity index (χ3n) is 16.0. The summed E-state index contributed by atoms with van der Waals surface area (Å²) < 4.78 is 0. The van der Waals surface area contributed by atoms with Crippen molar-refractivity contribution in [3.05, 3.63) is 120 Å². The first kappa shape index (κ1) is 72.3. The Kier molecular flexibility index (Phi) is 26.2. The van der Waals surface area contributed by atoms with Crippen molar-refractivity contribution < 1.29 is 68.1 Å². The van der Waals surface area contributed by atoms with E-state index >= 15 is 4.79 Å². The highest BCUT2D eigenvalue weighted by molar-refractivity contribution is 5.99. The van der Waals surface area contributed by atoms with E-state index in [1.54, 1.807) is 60.9 Å². The zero-order valence-electron chi connectivity index (χ0n) is 52.9. The number of hydrogen-bond donors (Lipinski definition) is 19. The number of fused-ring (bicyclic) bond motifs is 2. The first-order chi connectivity index (χ1) is 45.9. The number of carboxylic acid groups (broad SMARTS) is 1. The van der Waals surface area contributed by atoms with Gasteiger partial charge in [-0.3, -0.25) is 58.4 Å². The maximum atomic E-state index is 15.0. The van der Waals surface area contributed by atoms with Crippen LogP contribution in [0, 0.1) is 5.92 Å². The molecular formula is C63H83N19O14. The van der Waals surface area contributed by atoms with Gasteiger partial charge in [-0.2, -0.15) is 0 Å². The van der Waals surface area contributed by atoms with Crippen molar-refractivity contribution in [3.8, 4) is 5.75 Å². The second kappa shape index (κ2) is 34.7. The number of likely N-dealkylation sites (tertiary alicyclic amines) is 1. The highest BCUT2D eigenvalue weighted by atomic mass is 16.4. The number of hydrazine groups is 1. The van der Waals surface area contributed by atoms with E-state index < -0.39 is 133 Å². The molecule has 0 saturated carbocycles. The maximum absolute atomic E-state index is 15.0. The Hall–Kier alpha value is -11.1. The fraction of sp³-hybridized carbons (Fsp3) is 0.413. The van der Waals surface area contributed by atoms with Crippen molar-refractivity contribution in [3.63, 3.8) is 0 Å². The summed E-state index contributed by atoms with van der Waals surface area (Å²) in [5.74, 6) is -9.77. The second-order valence-corrected chi connectivity index (χ2v) is 23.7. The molecule has 0 spiro atoms. The molecule has 0 bridgehead atoms. The van der Waals surface area contributed by atoms with Crippen molar-refractivity contribution in [1.29, 1.82) is 0 Å². The van der Waals surface area contributed by atoms with Gasteiger partial charge < -0.3 is 95.3 Å². The largest absolute Gasteiger partial charge is 0.508 e. The van der Waals surface area contributed by atoms with Gasteiger partial charge in [-0.05, 0) is 85.4 Å². The Morgan fingerprint density at radius 1 is 0.625 bits per heavy atom. The lowest BCUT2D eigenvalue weighted by Crippen LogP contribution is -2.61. The number of carboxylic acids is 1. The molecule has 33 nitrogen and oxygen atoms in total. The molecule has 1 aliphatic heterocycles. The lowest BCUT2D eigenvalue weighted by atomic mass is 9.99. The Labute approximate surface area is 550 Å². The monoisotopic (exact) mass is 1330 g/mol. The average Bonchev–Trinajstić information content (AvgIpc) is 1.64. The number of nitrogens with two attached hydrogens (primary N) is 4. The average molecular weight is 1330 g/mol. The Balaban J connectivity index is 1.16. The molecule has 0 unspecified atom stereocenters. The summed E-state index contributed by atoms with van der Waals surface area (Å²) in [6.45, 7) is 2.67. The number of benzene rings is 3. The van der Waals surface area contributed by atoms with Crippen LogP contribution < -0.4 is 71.0 Å². The first-order valence-corrected chi connectivity index (χ1v) is 31.1. The highest BCUT2D eigenvalue weighted by Crippen LogP contribution is 2.24. The number of guanidine groups is 1. The van der Waals surface area contributed by atoms with Gasteiger partial charge in [0, 0.05) is 91.3 Å². The van der Waals surface area contributed by atoms with E-state index in [4.69, 9.17) is 22.9 Å². The van der Waals surface area contributed by atoms with Gasteiger partial charge in [-0.25, -0.2) is 15.2 Å². The molecule has 514 valence electrons. The number of rotatable bonds is 34. The van der Waals surface area contributed by atoms with Crippen LogP contribution in [0.3, 0.4) is 0 Å². The smallest absolute Gasteiger partial charge is 0.330 e. The van der Waals surface area contributed by atoms with Crippen LogP contribution in [0.2, 0.25) is 0 Å². The van der Waals surface area contributed by atoms with Crippen LogP contribution in [0.1, 0.15) is 81.2 Å². The maximum Gasteiger partial charge on any atom is 0.330 e. The van der Waals surface area contributed by atoms with Crippen LogP contribution >= 0.6 is 0 Å². The third kappa shape index (κ3) is 21.0. The fourth-order valence-corrected chi connectivity index (χ4v) is 11.1. The molecule has 7 rings (SSSR count). The molecule has 0 aliphatic carbocycles. The summed E-state index contributed by atoms with van der Waals surface area (Å²) in [6.07, 6.45) is 4.96. The Bertz CT molecular complexity index is 3740. The van der Waals surface area contributed by atoms with Gasteiger partial charge in [0.25, 0.3) is 5.91 Å². The van der Waals surface area contributed by atoms with Gasteiger partial charge in [0.1, 0.15) is 54.1 Å². The molecule has 0 radical (unpaired) electrons. The molecule has 33 heteroatoms. The van der Waals surface area contributed by atoms with E-state index in [2.05, 4.69) is 67.6 Å². The summed E-state index contributed by atoms with van der Waals surface area (Å²) in [6, 6.07) is 5.72. The van der Waals surface area contributed by atoms with Crippen molar-refractivity contribution in [2.24, 2.45) is 33.8 Å². The standard InChI is InChI=1S/C63H83N19O14/c1-33(2)23-49(61(95)82-22-8-14-51(82)60(94)80-81-63(67)96)78-56(90)46(25-35-28-70-42-11-5-3-9-39(35)42)76-54(88)44(13-7-21-69-62(65)66)73-55(89)45(24-34-15-17-38(84)18-16-34)75-59(93)50(31-83)79-57(91)47(26-36-29-71-43-12-6-4-10-40(36)43)77-58(92)48(27-37-30-68-32-72-37)74-53(87)41(64)19-20-52(85)86/h3-6,9-12,15-18,28-30,32-33,41,44-51,70-71,83-84H,7-8,13-14,19-27,31,64H2,1-2H3,(H,68,72)(H,73,89)(H,74,87)(H,75,93)(H,76,88)(H,77,92)(H,78,90)(H,79,91)(H,80,94)(H,85,86)(H4,65,66,69)(H3,67,81,96)/t41-,44+,45-,46-,47-,48-,49-,50-,51-/m0/s1. The minimum atomic E-state index is -1.84. The molecule has 9 atom stereocenters. The summed E-state index contributed by atoms with van der Waals surface area (Å²) in [5, 5.41) is 50.2. The number of nitrogens with zero attached hydrogens (tertiary/aromatic N) is 3. The summed E-state index contributed by atoms with van der Waals surface area (Å²) in [7, 11) is 0. The number of aliphatic hydroxyl groups is 1. The van der Waals surface area contributed by atoms with Crippen LogP contribution in [0.15, 0.2) is 103 Å². The van der Waals surface area contributed by atoms with E-state index in [1.807, 2.05) is 19.3 Å². The van der Waals surface area contributed by atoms with E-state index in [0.717, 1.165) is 0 Å². The number of aromatic hydroxyl groups is 1. The number of aliphatic carboxylic acids is 1. The number of aliphatic imine (C=N–C) groups is 1. The van der Waals surface area contributed by atoms with Crippen molar-refractivity contribution in [2.45, 2.75) is 139 Å². The Morgan fingerprint density at radius 3 is 1.67 bits per heavy atom. The summed E-state index contributed by atoms with van der Waals surface area (Å²) in [4.78, 5) is 171. The van der Waals surface area contributed by atoms with Crippen LogP contribution in [0.25, 0.3) is 21.8 Å². The predicted octanol–water partition coefficient (Wildman–Crippen LogP) is -2.28. The number of amides is 11. The Morgan fingerprint density at radius 2 is 1.14 bits per heavy atom. The number of carbonyl (C=O) groups excluding carboxylic acids is 10. The number of carbonyl (C=O) groups is 11. The quantitative estimate of drug-likeness (QED) is 0.00876. The van der Waals surface area contributed by atoms with Gasteiger partial charge >= 0.3 is 12.0 Å². The first-order valence-electron chi connectivity index (χ1n) is 31.1. The molecule has 1 aliphatic rings.